The van der Waals surface area contributed by atoms with Crippen LogP contribution in [-0.4, -0.2) is 6.16 Å². The Hall–Kier alpha value is -1.24. The Morgan fingerprint density at radius 1 is 1.46 bits per heavy atom. The third-order valence-electron chi connectivity index (χ3n) is 1.77. The summed E-state index contributed by atoms with van der Waals surface area (Å²) in [7, 11) is -2.84. The van der Waals surface area contributed by atoms with Crippen molar-refractivity contribution in [3.63, 3.8) is 0 Å². The third-order valence-corrected chi connectivity index (χ3v) is 4.10. The van der Waals surface area contributed by atoms with E-state index in [1.165, 1.54) is 0 Å². The number of hydrogen-bond acceptors (Lipinski definition) is 1. The maximum Gasteiger partial charge on any atom is 0.200 e. The quantitative estimate of drug-likeness (QED) is 0.316. The Kier molecular flexibility index (Phi) is 3.13. The van der Waals surface area contributed by atoms with Gasteiger partial charge in [-0.05, 0) is 10.4 Å². The molecular formula is C8H10N3OP. The van der Waals surface area contributed by atoms with Crippen LogP contribution in [0.5, 0.6) is 0 Å². The lowest BCUT2D eigenvalue weighted by Crippen LogP contribution is -2.02. The van der Waals surface area contributed by atoms with E-state index < -0.39 is 7.29 Å². The van der Waals surface area contributed by atoms with Crippen molar-refractivity contribution in [3.8, 4) is 0 Å². The van der Waals surface area contributed by atoms with Crippen molar-refractivity contribution in [1.82, 2.24) is 0 Å². The number of azide groups is 1. The standard InChI is InChI=1S/C8H10N3OP/c1-2-13(12,11-10-9)8-6-4-3-5-7-8/h3-7H,2H2,1H3. The van der Waals surface area contributed by atoms with Crippen LogP contribution in [0.15, 0.2) is 35.2 Å². The molecule has 13 heavy (non-hydrogen) atoms. The summed E-state index contributed by atoms with van der Waals surface area (Å²) in [6.07, 6.45) is 0.362. The fourth-order valence-electron chi connectivity index (χ4n) is 1.02. The van der Waals surface area contributed by atoms with Crippen molar-refractivity contribution < 1.29 is 4.57 Å². The van der Waals surface area contributed by atoms with E-state index in [0.29, 0.717) is 11.5 Å². The summed E-state index contributed by atoms with van der Waals surface area (Å²) in [6.45, 7) is 1.75. The second kappa shape index (κ2) is 4.13. The van der Waals surface area contributed by atoms with Crippen LogP contribution >= 0.6 is 7.29 Å². The van der Waals surface area contributed by atoms with Crippen molar-refractivity contribution in [2.45, 2.75) is 6.92 Å². The molecule has 0 saturated carbocycles. The number of benzene rings is 1. The van der Waals surface area contributed by atoms with Crippen LogP contribution in [0.25, 0.3) is 10.4 Å². The van der Waals surface area contributed by atoms with Gasteiger partial charge in [-0.25, -0.2) is 0 Å². The summed E-state index contributed by atoms with van der Waals surface area (Å²) in [5.74, 6) is 0. The Morgan fingerprint density at radius 3 is 2.54 bits per heavy atom. The molecule has 0 aromatic heterocycles. The van der Waals surface area contributed by atoms with Crippen LogP contribution in [0.3, 0.4) is 0 Å². The minimum atomic E-state index is -2.84. The monoisotopic (exact) mass is 195 g/mol. The lowest BCUT2D eigenvalue weighted by Gasteiger charge is -2.08. The average molecular weight is 195 g/mol. The topological polar surface area (TPSA) is 65.8 Å². The largest absolute Gasteiger partial charge is 0.312 e. The van der Waals surface area contributed by atoms with E-state index in [0.717, 1.165) is 0 Å². The molecule has 0 aliphatic heterocycles. The first-order valence-corrected chi connectivity index (χ1v) is 5.79. The summed E-state index contributed by atoms with van der Waals surface area (Å²) in [4.78, 5) is 6.00. The van der Waals surface area contributed by atoms with Gasteiger partial charge < -0.3 is 4.57 Å². The summed E-state index contributed by atoms with van der Waals surface area (Å²) in [5, 5.41) is 0.621. The van der Waals surface area contributed by atoms with Crippen LogP contribution in [0.2, 0.25) is 0 Å². The van der Waals surface area contributed by atoms with Crippen LogP contribution in [0, 0.1) is 0 Å². The second-order valence-corrected chi connectivity index (χ2v) is 5.26. The van der Waals surface area contributed by atoms with Crippen molar-refractivity contribution >= 4 is 12.6 Å². The summed E-state index contributed by atoms with van der Waals surface area (Å²) >= 11 is 0. The highest BCUT2D eigenvalue weighted by molar-refractivity contribution is 7.70. The van der Waals surface area contributed by atoms with Gasteiger partial charge in [-0.15, -0.1) is 0 Å². The molecule has 0 N–H and O–H groups in total. The van der Waals surface area contributed by atoms with E-state index in [2.05, 4.69) is 9.80 Å². The predicted octanol–water partition coefficient (Wildman–Crippen LogP) is 2.92. The molecule has 0 radical (unpaired) electrons. The summed E-state index contributed by atoms with van der Waals surface area (Å²) in [6, 6.07) is 8.84. The molecule has 0 aliphatic carbocycles. The summed E-state index contributed by atoms with van der Waals surface area (Å²) in [5.41, 5.74) is 8.28. The Bertz CT molecular complexity index is 370. The van der Waals surface area contributed by atoms with Crippen molar-refractivity contribution in [3.05, 3.63) is 40.8 Å². The van der Waals surface area contributed by atoms with Gasteiger partial charge in [0.1, 0.15) is 0 Å². The molecule has 0 amide bonds. The first-order chi connectivity index (χ1) is 6.23. The molecule has 0 heterocycles. The molecule has 0 fully saturated rings. The van der Waals surface area contributed by atoms with E-state index >= 15 is 0 Å². The zero-order valence-corrected chi connectivity index (χ0v) is 8.19. The summed E-state index contributed by atoms with van der Waals surface area (Å²) < 4.78 is 12.0. The van der Waals surface area contributed by atoms with Gasteiger partial charge in [0.25, 0.3) is 0 Å². The minimum absolute atomic E-state index is 0.362. The number of hydrogen-bond donors (Lipinski definition) is 0. The molecule has 68 valence electrons. The van der Waals surface area contributed by atoms with E-state index in [9.17, 15) is 4.57 Å². The van der Waals surface area contributed by atoms with Crippen LogP contribution in [-0.2, 0) is 4.57 Å². The van der Waals surface area contributed by atoms with Gasteiger partial charge in [-0.3, -0.25) is 0 Å². The molecule has 0 saturated heterocycles. The molecule has 0 spiro atoms. The zero-order chi connectivity index (χ0) is 9.73. The highest BCUT2D eigenvalue weighted by Crippen LogP contribution is 2.45. The molecular weight excluding hydrogens is 185 g/mol. The molecule has 1 atom stereocenters. The van der Waals surface area contributed by atoms with Gasteiger partial charge >= 0.3 is 0 Å². The molecule has 0 bridgehead atoms. The van der Waals surface area contributed by atoms with E-state index in [1.807, 2.05) is 6.07 Å². The van der Waals surface area contributed by atoms with Gasteiger partial charge in [-0.1, -0.05) is 37.3 Å². The number of nitrogens with zero attached hydrogens (tertiary/aromatic N) is 3. The minimum Gasteiger partial charge on any atom is -0.312 e. The fourth-order valence-corrected chi connectivity index (χ4v) is 2.39. The van der Waals surface area contributed by atoms with E-state index in [1.54, 1.807) is 31.2 Å². The van der Waals surface area contributed by atoms with Gasteiger partial charge in [0.2, 0.25) is 7.29 Å². The van der Waals surface area contributed by atoms with Crippen molar-refractivity contribution in [1.29, 1.82) is 0 Å². The second-order valence-electron chi connectivity index (χ2n) is 2.53. The maximum absolute atomic E-state index is 12.0. The third kappa shape index (κ3) is 2.11. The normalized spacial score (nSPS) is 14.2. The first-order valence-electron chi connectivity index (χ1n) is 3.94. The molecule has 5 heteroatoms. The fraction of sp³-hybridized carbons (Fsp3) is 0.250. The molecule has 4 nitrogen and oxygen atoms in total. The van der Waals surface area contributed by atoms with Crippen LogP contribution < -0.4 is 5.30 Å². The zero-order valence-electron chi connectivity index (χ0n) is 7.29. The Morgan fingerprint density at radius 2 is 2.08 bits per heavy atom. The van der Waals surface area contributed by atoms with E-state index in [4.69, 9.17) is 5.53 Å². The average Bonchev–Trinajstić information content (AvgIpc) is 2.19. The van der Waals surface area contributed by atoms with E-state index in [-0.39, 0.29) is 0 Å². The number of rotatable bonds is 3. The van der Waals surface area contributed by atoms with Gasteiger partial charge in [-0.2, -0.15) is 0 Å². The van der Waals surface area contributed by atoms with Gasteiger partial charge in [0.05, 0.1) is 0 Å². The first kappa shape index (κ1) is 9.85. The molecule has 1 rings (SSSR count). The highest BCUT2D eigenvalue weighted by Gasteiger charge is 2.19. The van der Waals surface area contributed by atoms with Gasteiger partial charge in [0, 0.05) is 16.4 Å². The highest BCUT2D eigenvalue weighted by atomic mass is 31.2. The molecule has 1 aromatic carbocycles. The van der Waals surface area contributed by atoms with Crippen molar-refractivity contribution in [2.24, 2.45) is 4.88 Å². The lowest BCUT2D eigenvalue weighted by atomic mass is 10.4. The van der Waals surface area contributed by atoms with Crippen LogP contribution in [0.4, 0.5) is 0 Å². The Balaban J connectivity index is 3.18. The maximum atomic E-state index is 12.0. The molecule has 0 aliphatic rings. The molecule has 1 unspecified atom stereocenters. The van der Waals surface area contributed by atoms with Gasteiger partial charge in [0.15, 0.2) is 0 Å². The smallest absolute Gasteiger partial charge is 0.200 e. The van der Waals surface area contributed by atoms with Crippen molar-refractivity contribution in [2.75, 3.05) is 6.16 Å². The SMILES string of the molecule is CCP(=O)(N=[N+]=[N-])c1ccccc1. The lowest BCUT2D eigenvalue weighted by molar-refractivity contribution is 0.582. The van der Waals surface area contributed by atoms with Crippen LogP contribution in [0.1, 0.15) is 6.92 Å². The Labute approximate surface area is 76.6 Å². The predicted molar refractivity (Wildman–Crippen MR) is 53.4 cm³/mol. The molecule has 1 aromatic rings.